The maximum absolute atomic E-state index is 5.38. The molecule has 0 amide bonds. The number of anilines is 1. The molecule has 2 aromatic rings. The lowest BCUT2D eigenvalue weighted by Crippen LogP contribution is -2.08. The van der Waals surface area contributed by atoms with Crippen molar-refractivity contribution in [2.24, 2.45) is 0 Å². The Morgan fingerprint density at radius 1 is 1.44 bits per heavy atom. The van der Waals surface area contributed by atoms with E-state index >= 15 is 0 Å². The van der Waals surface area contributed by atoms with E-state index in [1.165, 1.54) is 0 Å². The van der Waals surface area contributed by atoms with Crippen LogP contribution in [0.3, 0.4) is 0 Å². The molecule has 0 aliphatic carbocycles. The molecule has 1 N–H and O–H groups in total. The molecule has 0 atom stereocenters. The molecule has 0 saturated heterocycles. The van der Waals surface area contributed by atoms with E-state index in [9.17, 15) is 0 Å². The van der Waals surface area contributed by atoms with Crippen LogP contribution in [0.25, 0.3) is 0 Å². The summed E-state index contributed by atoms with van der Waals surface area (Å²) in [6.45, 7) is 5.03. The van der Waals surface area contributed by atoms with Crippen molar-refractivity contribution >= 4 is 5.69 Å². The summed E-state index contributed by atoms with van der Waals surface area (Å²) in [4.78, 5) is 4.18. The predicted molar refractivity (Wildman–Crippen MR) is 74.3 cm³/mol. The van der Waals surface area contributed by atoms with Gasteiger partial charge in [0.05, 0.1) is 18.6 Å². The van der Waals surface area contributed by atoms with Gasteiger partial charge in [-0.1, -0.05) is 12.0 Å². The van der Waals surface area contributed by atoms with Crippen LogP contribution < -0.4 is 5.32 Å². The Kier molecular flexibility index (Phi) is 3.69. The molecule has 2 rings (SSSR count). The van der Waals surface area contributed by atoms with E-state index < -0.39 is 0 Å². The largest absolute Gasteiger partial charge is 0.379 e. The normalized spacial score (nSPS) is 10.3. The summed E-state index contributed by atoms with van der Waals surface area (Å²) in [5, 5.41) is 3.36. The van der Waals surface area contributed by atoms with Gasteiger partial charge >= 0.3 is 0 Å². The van der Waals surface area contributed by atoms with Crippen LogP contribution in [-0.4, -0.2) is 9.55 Å². The van der Waals surface area contributed by atoms with E-state index in [0.29, 0.717) is 6.04 Å². The molecule has 92 valence electrons. The standard InChI is InChI=1S/C15H17N3/c1-4-13-6-5-7-14(8-13)17-10-15-9-16-11-18(15)12(2)3/h1,5-9,11-12,17H,10H2,2-3H3. The van der Waals surface area contributed by atoms with Crippen LogP contribution in [-0.2, 0) is 6.54 Å². The van der Waals surface area contributed by atoms with Crippen molar-refractivity contribution in [1.29, 1.82) is 0 Å². The van der Waals surface area contributed by atoms with Crippen molar-refractivity contribution in [3.8, 4) is 12.3 Å². The Labute approximate surface area is 108 Å². The molecule has 0 radical (unpaired) electrons. The summed E-state index contributed by atoms with van der Waals surface area (Å²) in [6, 6.07) is 8.27. The smallest absolute Gasteiger partial charge is 0.0951 e. The molecule has 1 aromatic heterocycles. The zero-order valence-electron chi connectivity index (χ0n) is 10.7. The number of aromatic nitrogens is 2. The van der Waals surface area contributed by atoms with E-state index in [4.69, 9.17) is 6.42 Å². The van der Waals surface area contributed by atoms with Gasteiger partial charge in [0.15, 0.2) is 0 Å². The molecule has 0 unspecified atom stereocenters. The van der Waals surface area contributed by atoms with Crippen LogP contribution in [0.4, 0.5) is 5.69 Å². The lowest BCUT2D eigenvalue weighted by Gasteiger charge is -2.13. The predicted octanol–water partition coefficient (Wildman–Crippen LogP) is 3.06. The van der Waals surface area contributed by atoms with Crippen molar-refractivity contribution in [2.45, 2.75) is 26.4 Å². The number of terminal acetylenes is 1. The highest BCUT2D eigenvalue weighted by Crippen LogP contribution is 2.13. The average molecular weight is 239 g/mol. The maximum atomic E-state index is 5.38. The van der Waals surface area contributed by atoms with E-state index in [0.717, 1.165) is 23.5 Å². The van der Waals surface area contributed by atoms with Gasteiger partial charge in [0, 0.05) is 23.5 Å². The first-order valence-electron chi connectivity index (χ1n) is 6.02. The molecular formula is C15H17N3. The summed E-state index contributed by atoms with van der Waals surface area (Å²) in [7, 11) is 0. The minimum atomic E-state index is 0.418. The van der Waals surface area contributed by atoms with Gasteiger partial charge in [-0.05, 0) is 32.0 Å². The lowest BCUT2D eigenvalue weighted by atomic mass is 10.2. The highest BCUT2D eigenvalue weighted by molar-refractivity contribution is 5.50. The molecule has 0 aliphatic rings. The molecule has 0 bridgehead atoms. The molecule has 1 heterocycles. The molecule has 0 aliphatic heterocycles. The Morgan fingerprint density at radius 2 is 2.28 bits per heavy atom. The first kappa shape index (κ1) is 12.3. The Morgan fingerprint density at radius 3 is 3.00 bits per heavy atom. The second kappa shape index (κ2) is 5.42. The Hall–Kier alpha value is -2.21. The monoisotopic (exact) mass is 239 g/mol. The summed E-state index contributed by atoms with van der Waals surface area (Å²) >= 11 is 0. The number of rotatable bonds is 4. The van der Waals surface area contributed by atoms with Crippen molar-refractivity contribution in [1.82, 2.24) is 9.55 Å². The fourth-order valence-electron chi connectivity index (χ4n) is 1.85. The van der Waals surface area contributed by atoms with Gasteiger partial charge in [-0.2, -0.15) is 0 Å². The summed E-state index contributed by atoms with van der Waals surface area (Å²) in [5.74, 6) is 2.63. The van der Waals surface area contributed by atoms with Gasteiger partial charge in [-0.25, -0.2) is 4.98 Å². The molecule has 1 aromatic carbocycles. The van der Waals surface area contributed by atoms with Gasteiger partial charge in [0.1, 0.15) is 0 Å². The van der Waals surface area contributed by atoms with Gasteiger partial charge in [-0.15, -0.1) is 6.42 Å². The van der Waals surface area contributed by atoms with Crippen LogP contribution in [0, 0.1) is 12.3 Å². The van der Waals surface area contributed by atoms with Gasteiger partial charge in [0.25, 0.3) is 0 Å². The minimum Gasteiger partial charge on any atom is -0.379 e. The van der Waals surface area contributed by atoms with Crippen LogP contribution in [0.5, 0.6) is 0 Å². The summed E-state index contributed by atoms with van der Waals surface area (Å²) in [5.41, 5.74) is 3.08. The SMILES string of the molecule is C#Cc1cccc(NCc2cncn2C(C)C)c1. The third-order valence-electron chi connectivity index (χ3n) is 2.81. The van der Waals surface area contributed by atoms with Crippen molar-refractivity contribution in [3.63, 3.8) is 0 Å². The summed E-state index contributed by atoms with van der Waals surface area (Å²) < 4.78 is 2.15. The molecular weight excluding hydrogens is 222 g/mol. The molecule has 3 heteroatoms. The molecule has 0 fully saturated rings. The highest BCUT2D eigenvalue weighted by atomic mass is 15.1. The van der Waals surface area contributed by atoms with Crippen LogP contribution in [0.15, 0.2) is 36.8 Å². The average Bonchev–Trinajstić information content (AvgIpc) is 2.85. The maximum Gasteiger partial charge on any atom is 0.0951 e. The van der Waals surface area contributed by atoms with Gasteiger partial charge in [0.2, 0.25) is 0 Å². The lowest BCUT2D eigenvalue weighted by molar-refractivity contribution is 0.577. The first-order chi connectivity index (χ1) is 8.70. The van der Waals surface area contributed by atoms with E-state index in [1.807, 2.05) is 36.8 Å². The Balaban J connectivity index is 2.07. The van der Waals surface area contributed by atoms with Crippen molar-refractivity contribution in [2.75, 3.05) is 5.32 Å². The first-order valence-corrected chi connectivity index (χ1v) is 6.02. The van der Waals surface area contributed by atoms with Crippen LogP contribution >= 0.6 is 0 Å². The number of hydrogen-bond donors (Lipinski definition) is 1. The van der Waals surface area contributed by atoms with Gasteiger partial charge in [-0.3, -0.25) is 0 Å². The molecule has 3 nitrogen and oxygen atoms in total. The zero-order chi connectivity index (χ0) is 13.0. The fraction of sp³-hybridized carbons (Fsp3) is 0.267. The van der Waals surface area contributed by atoms with E-state index in [2.05, 4.69) is 34.6 Å². The van der Waals surface area contributed by atoms with E-state index in [-0.39, 0.29) is 0 Å². The molecule has 0 saturated carbocycles. The van der Waals surface area contributed by atoms with Crippen LogP contribution in [0.2, 0.25) is 0 Å². The second-order valence-electron chi connectivity index (χ2n) is 4.46. The number of hydrogen-bond acceptors (Lipinski definition) is 2. The number of nitrogens with zero attached hydrogens (tertiary/aromatic N) is 2. The quantitative estimate of drug-likeness (QED) is 0.831. The Bertz CT molecular complexity index is 561. The van der Waals surface area contributed by atoms with Crippen molar-refractivity contribution in [3.05, 3.63) is 48.0 Å². The molecule has 18 heavy (non-hydrogen) atoms. The van der Waals surface area contributed by atoms with Gasteiger partial charge < -0.3 is 9.88 Å². The van der Waals surface area contributed by atoms with Crippen LogP contribution in [0.1, 0.15) is 31.1 Å². The highest BCUT2D eigenvalue weighted by Gasteiger charge is 2.04. The second-order valence-corrected chi connectivity index (χ2v) is 4.46. The van der Waals surface area contributed by atoms with Crippen molar-refractivity contribution < 1.29 is 0 Å². The third-order valence-corrected chi connectivity index (χ3v) is 2.81. The number of benzene rings is 1. The number of nitrogens with one attached hydrogen (secondary N) is 1. The van der Waals surface area contributed by atoms with E-state index in [1.54, 1.807) is 0 Å². The summed E-state index contributed by atoms with van der Waals surface area (Å²) in [6.07, 6.45) is 9.13. The minimum absolute atomic E-state index is 0.418. The topological polar surface area (TPSA) is 29.9 Å². The zero-order valence-corrected chi connectivity index (χ0v) is 10.7. The fourth-order valence-corrected chi connectivity index (χ4v) is 1.85. The molecule has 0 spiro atoms. The number of imidazole rings is 1. The third kappa shape index (κ3) is 2.72.